The molecule has 1 atom stereocenters. The van der Waals surface area contributed by atoms with Crippen molar-refractivity contribution < 1.29 is 4.79 Å². The molecule has 6 heteroatoms. The van der Waals surface area contributed by atoms with Crippen molar-refractivity contribution in [3.05, 3.63) is 18.2 Å². The van der Waals surface area contributed by atoms with Gasteiger partial charge in [0.1, 0.15) is 0 Å². The number of thiazole rings is 1. The topological polar surface area (TPSA) is 59.2 Å². The Morgan fingerprint density at radius 1 is 1.45 bits per heavy atom. The number of nitrogens with two attached hydrogens (primary N) is 1. The van der Waals surface area contributed by atoms with E-state index in [1.54, 1.807) is 23.1 Å². The summed E-state index contributed by atoms with van der Waals surface area (Å²) in [5.41, 5.74) is 7.48. The number of amides is 1. The molecule has 1 fully saturated rings. The number of anilines is 1. The zero-order valence-corrected chi connectivity index (χ0v) is 13.0. The number of hydrogen-bond acceptors (Lipinski definition) is 5. The minimum Gasteiger partial charge on any atom is -0.399 e. The van der Waals surface area contributed by atoms with Gasteiger partial charge in [0.2, 0.25) is 5.91 Å². The van der Waals surface area contributed by atoms with Gasteiger partial charge in [-0.15, -0.1) is 11.3 Å². The Bertz CT molecular complexity index is 634. The van der Waals surface area contributed by atoms with Gasteiger partial charge in [0.15, 0.2) is 4.34 Å². The van der Waals surface area contributed by atoms with E-state index in [-0.39, 0.29) is 11.2 Å². The van der Waals surface area contributed by atoms with Gasteiger partial charge in [0, 0.05) is 18.8 Å². The maximum absolute atomic E-state index is 12.3. The highest BCUT2D eigenvalue weighted by Crippen LogP contribution is 2.33. The zero-order chi connectivity index (χ0) is 14.1. The number of thioether (sulfide) groups is 1. The second-order valence-corrected chi connectivity index (χ2v) is 7.62. The number of likely N-dealkylation sites (tertiary alicyclic amines) is 1. The summed E-state index contributed by atoms with van der Waals surface area (Å²) < 4.78 is 2.01. The molecule has 2 N–H and O–H groups in total. The second-order valence-electron chi connectivity index (χ2n) is 5.00. The van der Waals surface area contributed by atoms with Crippen molar-refractivity contribution in [1.82, 2.24) is 9.88 Å². The summed E-state index contributed by atoms with van der Waals surface area (Å²) in [5, 5.41) is -0.0778. The fourth-order valence-corrected chi connectivity index (χ4v) is 4.71. The van der Waals surface area contributed by atoms with Gasteiger partial charge in [0.25, 0.3) is 0 Å². The third kappa shape index (κ3) is 2.76. The van der Waals surface area contributed by atoms with E-state index in [0.717, 1.165) is 46.2 Å². The summed E-state index contributed by atoms with van der Waals surface area (Å²) in [5.74, 6) is 0.228. The first-order valence-corrected chi connectivity index (χ1v) is 8.44. The molecule has 0 bridgehead atoms. The smallest absolute Gasteiger partial charge is 0.235 e. The summed E-state index contributed by atoms with van der Waals surface area (Å²) in [7, 11) is 0. The lowest BCUT2D eigenvalue weighted by molar-refractivity contribution is -0.129. The van der Waals surface area contributed by atoms with Crippen LogP contribution in [0.15, 0.2) is 22.5 Å². The number of nitrogens with zero attached hydrogens (tertiary/aromatic N) is 2. The minimum absolute atomic E-state index is 0.0778. The molecule has 0 spiro atoms. The number of hydrogen-bond donors (Lipinski definition) is 1. The van der Waals surface area contributed by atoms with Crippen molar-refractivity contribution in [1.29, 1.82) is 0 Å². The number of benzene rings is 1. The molecule has 1 aromatic heterocycles. The third-order valence-corrected chi connectivity index (χ3v) is 5.64. The first-order valence-electron chi connectivity index (χ1n) is 6.75. The van der Waals surface area contributed by atoms with Crippen LogP contribution >= 0.6 is 23.1 Å². The van der Waals surface area contributed by atoms with E-state index in [1.165, 1.54) is 0 Å². The fraction of sp³-hybridized carbons (Fsp3) is 0.429. The van der Waals surface area contributed by atoms with Crippen LogP contribution in [-0.2, 0) is 4.79 Å². The van der Waals surface area contributed by atoms with Crippen molar-refractivity contribution in [2.24, 2.45) is 0 Å². The lowest BCUT2D eigenvalue weighted by Gasteiger charge is -2.18. The highest BCUT2D eigenvalue weighted by molar-refractivity contribution is 8.02. The van der Waals surface area contributed by atoms with Crippen molar-refractivity contribution >= 4 is 44.9 Å². The van der Waals surface area contributed by atoms with Gasteiger partial charge in [-0.2, -0.15) is 0 Å². The van der Waals surface area contributed by atoms with Crippen molar-refractivity contribution in [3.63, 3.8) is 0 Å². The number of fused-ring (bicyclic) bond motifs is 1. The monoisotopic (exact) mass is 307 g/mol. The van der Waals surface area contributed by atoms with E-state index in [4.69, 9.17) is 5.73 Å². The molecule has 0 aliphatic carbocycles. The van der Waals surface area contributed by atoms with Gasteiger partial charge >= 0.3 is 0 Å². The van der Waals surface area contributed by atoms with Crippen molar-refractivity contribution in [3.8, 4) is 0 Å². The van der Waals surface area contributed by atoms with Crippen LogP contribution in [0.1, 0.15) is 19.8 Å². The Morgan fingerprint density at radius 2 is 2.20 bits per heavy atom. The van der Waals surface area contributed by atoms with E-state index >= 15 is 0 Å². The van der Waals surface area contributed by atoms with E-state index in [1.807, 2.05) is 30.0 Å². The first kappa shape index (κ1) is 13.7. The maximum Gasteiger partial charge on any atom is 0.235 e. The van der Waals surface area contributed by atoms with Crippen molar-refractivity contribution in [2.45, 2.75) is 29.4 Å². The number of carbonyl (C=O) groups excluding carboxylic acids is 1. The highest BCUT2D eigenvalue weighted by atomic mass is 32.2. The van der Waals surface area contributed by atoms with Gasteiger partial charge in [-0.05, 0) is 38.0 Å². The Kier molecular flexibility index (Phi) is 3.85. The van der Waals surface area contributed by atoms with E-state index in [2.05, 4.69) is 4.98 Å². The number of aromatic nitrogens is 1. The third-order valence-electron chi connectivity index (χ3n) is 3.44. The zero-order valence-electron chi connectivity index (χ0n) is 11.3. The van der Waals surface area contributed by atoms with Crippen LogP contribution in [-0.4, -0.2) is 34.1 Å². The van der Waals surface area contributed by atoms with Crippen LogP contribution < -0.4 is 5.73 Å². The Hall–Kier alpha value is -1.27. The van der Waals surface area contributed by atoms with Gasteiger partial charge in [-0.3, -0.25) is 4.79 Å². The molecule has 2 aromatic rings. The van der Waals surface area contributed by atoms with E-state index in [9.17, 15) is 4.79 Å². The molecule has 3 rings (SSSR count). The van der Waals surface area contributed by atoms with E-state index in [0.29, 0.717) is 0 Å². The van der Waals surface area contributed by atoms with E-state index < -0.39 is 0 Å². The summed E-state index contributed by atoms with van der Waals surface area (Å²) >= 11 is 3.15. The quantitative estimate of drug-likeness (QED) is 0.699. The van der Waals surface area contributed by atoms with Gasteiger partial charge in [0.05, 0.1) is 15.5 Å². The molecule has 1 aliphatic heterocycles. The minimum atomic E-state index is -0.0778. The van der Waals surface area contributed by atoms with Crippen LogP contribution in [0, 0.1) is 0 Å². The molecule has 4 nitrogen and oxygen atoms in total. The molecule has 1 amide bonds. The lowest BCUT2D eigenvalue weighted by atomic mass is 10.3. The number of rotatable bonds is 3. The fourth-order valence-electron chi connectivity index (χ4n) is 2.37. The van der Waals surface area contributed by atoms with Gasteiger partial charge < -0.3 is 10.6 Å². The number of nitrogen functional groups attached to an aromatic ring is 1. The average Bonchev–Trinajstić information content (AvgIpc) is 3.05. The molecule has 1 saturated heterocycles. The molecule has 106 valence electrons. The molecule has 0 saturated carbocycles. The van der Waals surface area contributed by atoms with Crippen LogP contribution in [0.4, 0.5) is 5.69 Å². The van der Waals surface area contributed by atoms with Crippen molar-refractivity contribution in [2.75, 3.05) is 18.8 Å². The second kappa shape index (κ2) is 5.61. The predicted octanol–water partition coefficient (Wildman–Crippen LogP) is 2.98. The summed E-state index contributed by atoms with van der Waals surface area (Å²) in [6.45, 7) is 3.77. The lowest BCUT2D eigenvalue weighted by Crippen LogP contribution is -2.33. The summed E-state index contributed by atoms with van der Waals surface area (Å²) in [6, 6.07) is 5.72. The summed E-state index contributed by atoms with van der Waals surface area (Å²) in [4.78, 5) is 18.8. The Labute approximate surface area is 126 Å². The van der Waals surface area contributed by atoms with Crippen LogP contribution in [0.25, 0.3) is 10.2 Å². The first-order chi connectivity index (χ1) is 9.63. The Morgan fingerprint density at radius 3 is 2.95 bits per heavy atom. The van der Waals surface area contributed by atoms with Gasteiger partial charge in [-0.1, -0.05) is 11.8 Å². The molecule has 1 unspecified atom stereocenters. The molecule has 0 radical (unpaired) electrons. The molecule has 20 heavy (non-hydrogen) atoms. The molecule has 1 aromatic carbocycles. The molecule has 2 heterocycles. The van der Waals surface area contributed by atoms with Gasteiger partial charge in [-0.25, -0.2) is 4.98 Å². The normalized spacial score (nSPS) is 16.8. The summed E-state index contributed by atoms with van der Waals surface area (Å²) in [6.07, 6.45) is 2.26. The number of carbonyl (C=O) groups is 1. The largest absolute Gasteiger partial charge is 0.399 e. The van der Waals surface area contributed by atoms with Crippen LogP contribution in [0.2, 0.25) is 0 Å². The SMILES string of the molecule is CC(Sc1nc2ccc(N)cc2s1)C(=O)N1CCCC1. The molecule has 1 aliphatic rings. The standard InChI is InChI=1S/C14H17N3OS2/c1-9(13(18)17-6-2-3-7-17)19-14-16-11-5-4-10(15)8-12(11)20-14/h4-5,8-9H,2-3,6-7,15H2,1H3. The average molecular weight is 307 g/mol. The highest BCUT2D eigenvalue weighted by Gasteiger charge is 2.24. The maximum atomic E-state index is 12.3. The molecular formula is C14H17N3OS2. The van der Waals surface area contributed by atoms with Crippen LogP contribution in [0.3, 0.4) is 0 Å². The molecular weight excluding hydrogens is 290 g/mol. The van der Waals surface area contributed by atoms with Crippen LogP contribution in [0.5, 0.6) is 0 Å². The Balaban J connectivity index is 1.73. The predicted molar refractivity (Wildman–Crippen MR) is 85.2 cm³/mol.